The second-order valence-corrected chi connectivity index (χ2v) is 3.91. The number of carbonyl (C=O) groups excluding carboxylic acids is 2. The van der Waals surface area contributed by atoms with Gasteiger partial charge in [-0.2, -0.15) is 0 Å². The first-order valence-corrected chi connectivity index (χ1v) is 5.16. The topological polar surface area (TPSA) is 122 Å². The minimum atomic E-state index is -0.776. The summed E-state index contributed by atoms with van der Waals surface area (Å²) in [4.78, 5) is 45.6. The quantitative estimate of drug-likeness (QED) is 0.399. The molecule has 0 bridgehead atoms. The lowest BCUT2D eigenvalue weighted by molar-refractivity contribution is -0.115. The van der Waals surface area contributed by atoms with Crippen molar-refractivity contribution in [2.45, 2.75) is 0 Å². The molecular formula is C10H10N4O5. The summed E-state index contributed by atoms with van der Waals surface area (Å²) in [7, 11) is 2.51. The smallest absolute Gasteiger partial charge is 0.333 e. The van der Waals surface area contributed by atoms with E-state index in [9.17, 15) is 24.3 Å². The molecular weight excluding hydrogens is 256 g/mol. The fourth-order valence-electron chi connectivity index (χ4n) is 1.61. The number of nitrogens with zero attached hydrogens (tertiary/aromatic N) is 2. The predicted molar refractivity (Wildman–Crippen MR) is 63.2 cm³/mol. The third kappa shape index (κ3) is 1.90. The van der Waals surface area contributed by atoms with E-state index in [1.807, 2.05) is 5.32 Å². The van der Waals surface area contributed by atoms with E-state index in [1.165, 1.54) is 14.1 Å². The van der Waals surface area contributed by atoms with Gasteiger partial charge in [0.25, 0.3) is 11.5 Å². The summed E-state index contributed by atoms with van der Waals surface area (Å²) in [5.41, 5.74) is -1.93. The summed E-state index contributed by atoms with van der Waals surface area (Å²) in [5, 5.41) is 13.9. The maximum absolute atomic E-state index is 11.8. The van der Waals surface area contributed by atoms with Gasteiger partial charge in [-0.25, -0.2) is 9.59 Å². The van der Waals surface area contributed by atoms with Gasteiger partial charge in [-0.1, -0.05) is 0 Å². The van der Waals surface area contributed by atoms with E-state index in [1.54, 1.807) is 0 Å². The molecule has 1 aliphatic rings. The van der Waals surface area contributed by atoms with Crippen LogP contribution in [0.4, 0.5) is 4.79 Å². The van der Waals surface area contributed by atoms with Crippen molar-refractivity contribution in [2.24, 2.45) is 14.1 Å². The third-order valence-corrected chi connectivity index (χ3v) is 2.68. The molecule has 2 heterocycles. The van der Waals surface area contributed by atoms with E-state index < -0.39 is 29.1 Å². The molecule has 0 atom stereocenters. The molecule has 0 radical (unpaired) electrons. The van der Waals surface area contributed by atoms with Crippen LogP contribution in [-0.4, -0.2) is 26.2 Å². The molecule has 9 heteroatoms. The Labute approximate surface area is 105 Å². The molecule has 9 nitrogen and oxygen atoms in total. The van der Waals surface area contributed by atoms with Crippen LogP contribution in [0.15, 0.2) is 15.3 Å². The van der Waals surface area contributed by atoms with Crippen molar-refractivity contribution in [3.8, 4) is 5.88 Å². The molecule has 1 aromatic rings. The maximum atomic E-state index is 11.8. The number of urea groups is 1. The van der Waals surface area contributed by atoms with E-state index in [2.05, 4.69) is 5.32 Å². The average Bonchev–Trinajstić information content (AvgIpc) is 2.68. The first kappa shape index (κ1) is 12.6. The predicted octanol–water partition coefficient (Wildman–Crippen LogP) is -2.03. The summed E-state index contributed by atoms with van der Waals surface area (Å²) in [6, 6.07) is -0.725. The van der Waals surface area contributed by atoms with E-state index in [0.29, 0.717) is 0 Å². The van der Waals surface area contributed by atoms with Crippen molar-refractivity contribution in [2.75, 3.05) is 0 Å². The molecule has 2 rings (SSSR count). The van der Waals surface area contributed by atoms with Gasteiger partial charge in [0.05, 0.1) is 0 Å². The minimum Gasteiger partial charge on any atom is -0.494 e. The van der Waals surface area contributed by atoms with E-state index >= 15 is 0 Å². The number of carbonyl (C=O) groups is 2. The highest BCUT2D eigenvalue weighted by Crippen LogP contribution is 2.13. The van der Waals surface area contributed by atoms with E-state index in [-0.39, 0.29) is 11.3 Å². The Balaban J connectivity index is 2.69. The molecule has 0 aliphatic carbocycles. The molecule has 0 saturated carbocycles. The zero-order valence-electron chi connectivity index (χ0n) is 10.1. The van der Waals surface area contributed by atoms with Gasteiger partial charge in [0, 0.05) is 14.1 Å². The van der Waals surface area contributed by atoms with Crippen molar-refractivity contribution >= 4 is 18.0 Å². The number of rotatable bonds is 1. The number of nitrogens with one attached hydrogen (secondary N) is 2. The second kappa shape index (κ2) is 4.12. The second-order valence-electron chi connectivity index (χ2n) is 3.91. The lowest BCUT2D eigenvalue weighted by Gasteiger charge is -2.07. The summed E-state index contributed by atoms with van der Waals surface area (Å²) >= 11 is 0. The molecule has 0 spiro atoms. The molecule has 3 N–H and O–H groups in total. The number of hydrogen-bond acceptors (Lipinski definition) is 5. The van der Waals surface area contributed by atoms with E-state index in [4.69, 9.17) is 0 Å². The van der Waals surface area contributed by atoms with Crippen molar-refractivity contribution in [1.82, 2.24) is 19.8 Å². The molecule has 100 valence electrons. The highest BCUT2D eigenvalue weighted by atomic mass is 16.3. The number of aromatic hydroxyl groups is 1. The van der Waals surface area contributed by atoms with Gasteiger partial charge in [0.15, 0.2) is 0 Å². The van der Waals surface area contributed by atoms with Crippen LogP contribution >= 0.6 is 0 Å². The number of aromatic nitrogens is 2. The summed E-state index contributed by atoms with van der Waals surface area (Å²) in [6.07, 6.45) is 1.01. The fraction of sp³-hybridized carbons (Fsp3) is 0.200. The normalized spacial score (nSPS) is 16.6. The highest BCUT2D eigenvalue weighted by molar-refractivity contribution is 6.14. The molecule has 1 fully saturated rings. The van der Waals surface area contributed by atoms with Crippen LogP contribution in [0.25, 0.3) is 6.08 Å². The summed E-state index contributed by atoms with van der Waals surface area (Å²) in [6.45, 7) is 0. The number of amides is 3. The fourth-order valence-corrected chi connectivity index (χ4v) is 1.61. The zero-order valence-corrected chi connectivity index (χ0v) is 10.1. The van der Waals surface area contributed by atoms with Crippen LogP contribution in [0.2, 0.25) is 0 Å². The first-order chi connectivity index (χ1) is 8.82. The molecule has 19 heavy (non-hydrogen) atoms. The molecule has 0 aromatic carbocycles. The maximum Gasteiger partial charge on any atom is 0.333 e. The van der Waals surface area contributed by atoms with Gasteiger partial charge in [-0.15, -0.1) is 0 Å². The standard InChI is InChI=1S/C10H10N4O5/c1-13-7(16)4(8(17)14(2)10(13)19)3-5-6(15)12-9(18)11-5/h3,16H,1-2H3,(H2,11,12,15,18)/b5-3-. The Kier molecular flexibility index (Phi) is 2.74. The largest absolute Gasteiger partial charge is 0.494 e. The molecule has 3 amide bonds. The van der Waals surface area contributed by atoms with Gasteiger partial charge in [-0.05, 0) is 6.08 Å². The Morgan fingerprint density at radius 2 is 1.68 bits per heavy atom. The molecule has 1 aliphatic heterocycles. The van der Waals surface area contributed by atoms with Crippen LogP contribution < -0.4 is 21.9 Å². The Morgan fingerprint density at radius 3 is 2.21 bits per heavy atom. The lowest BCUT2D eigenvalue weighted by atomic mass is 10.2. The van der Waals surface area contributed by atoms with Crippen molar-refractivity contribution in [1.29, 1.82) is 0 Å². The van der Waals surface area contributed by atoms with Gasteiger partial charge in [-0.3, -0.25) is 24.0 Å². The van der Waals surface area contributed by atoms with Gasteiger partial charge in [0.2, 0.25) is 5.88 Å². The Bertz CT molecular complexity index is 740. The number of imide groups is 1. The first-order valence-electron chi connectivity index (χ1n) is 5.16. The van der Waals surface area contributed by atoms with Crippen LogP contribution in [0, 0.1) is 0 Å². The Morgan fingerprint density at radius 1 is 1.05 bits per heavy atom. The molecule has 1 saturated heterocycles. The van der Waals surface area contributed by atoms with Crippen molar-refractivity contribution in [3.63, 3.8) is 0 Å². The molecule has 0 unspecified atom stereocenters. The summed E-state index contributed by atoms with van der Waals surface area (Å²) in [5.74, 6) is -1.31. The Hall–Kier alpha value is -2.84. The van der Waals surface area contributed by atoms with Gasteiger partial charge >= 0.3 is 11.7 Å². The van der Waals surface area contributed by atoms with Crippen LogP contribution in [0.1, 0.15) is 5.56 Å². The van der Waals surface area contributed by atoms with Crippen molar-refractivity contribution in [3.05, 3.63) is 32.1 Å². The third-order valence-electron chi connectivity index (χ3n) is 2.68. The summed E-state index contributed by atoms with van der Waals surface area (Å²) < 4.78 is 1.63. The van der Waals surface area contributed by atoms with Gasteiger partial charge in [0.1, 0.15) is 11.3 Å². The van der Waals surface area contributed by atoms with Crippen LogP contribution in [0.3, 0.4) is 0 Å². The average molecular weight is 266 g/mol. The van der Waals surface area contributed by atoms with E-state index in [0.717, 1.165) is 15.2 Å². The number of hydrogen-bond donors (Lipinski definition) is 3. The zero-order chi connectivity index (χ0) is 14.3. The lowest BCUT2D eigenvalue weighted by Crippen LogP contribution is -2.38. The molecule has 1 aromatic heterocycles. The monoisotopic (exact) mass is 266 g/mol. The highest BCUT2D eigenvalue weighted by Gasteiger charge is 2.24. The SMILES string of the molecule is Cn1c(O)c(/C=C2\NC(=O)NC2=O)c(=O)n(C)c1=O. The minimum absolute atomic E-state index is 0.184. The van der Waals surface area contributed by atoms with Crippen LogP contribution in [0.5, 0.6) is 5.88 Å². The van der Waals surface area contributed by atoms with Gasteiger partial charge < -0.3 is 10.4 Å². The van der Waals surface area contributed by atoms with Crippen molar-refractivity contribution < 1.29 is 14.7 Å². The van der Waals surface area contributed by atoms with Crippen LogP contribution in [-0.2, 0) is 18.9 Å².